The molecule has 0 spiro atoms. The van der Waals surface area contributed by atoms with E-state index in [0.717, 1.165) is 5.56 Å². The van der Waals surface area contributed by atoms with Gasteiger partial charge >= 0.3 is 0 Å². The molecule has 1 aromatic carbocycles. The molecule has 2 heterocycles. The third-order valence-corrected chi connectivity index (χ3v) is 4.32. The van der Waals surface area contributed by atoms with Gasteiger partial charge in [-0.1, -0.05) is 42.2 Å². The van der Waals surface area contributed by atoms with E-state index in [9.17, 15) is 4.79 Å². The van der Waals surface area contributed by atoms with Gasteiger partial charge in [0.1, 0.15) is 6.04 Å². The second kappa shape index (κ2) is 7.85. The molecule has 0 aliphatic rings. The normalized spacial score (nSPS) is 12.2. The fourth-order valence-corrected chi connectivity index (χ4v) is 2.88. The minimum atomic E-state index is -0.461. The Labute approximate surface area is 160 Å². The Bertz CT molecular complexity index is 913. The van der Waals surface area contributed by atoms with Gasteiger partial charge in [-0.3, -0.25) is 9.78 Å². The molecule has 0 radical (unpaired) electrons. The number of nitrogens with zero attached hydrogens (tertiary/aromatic N) is 3. The lowest BCUT2D eigenvalue weighted by atomic mass is 10.0. The average Bonchev–Trinajstić information content (AvgIpc) is 3.09. The van der Waals surface area contributed by atoms with Crippen LogP contribution in [0.3, 0.4) is 0 Å². The van der Waals surface area contributed by atoms with Gasteiger partial charge in [-0.25, -0.2) is 0 Å². The molecule has 0 aliphatic heterocycles. The van der Waals surface area contributed by atoms with E-state index < -0.39 is 6.04 Å². The third-order valence-electron chi connectivity index (χ3n) is 3.78. The molecule has 1 N–H and O–H groups in total. The highest BCUT2D eigenvalue weighted by Crippen LogP contribution is 2.26. The van der Waals surface area contributed by atoms with Crippen molar-refractivity contribution < 1.29 is 9.32 Å². The summed E-state index contributed by atoms with van der Waals surface area (Å²) in [5.41, 5.74) is 1.11. The van der Waals surface area contributed by atoms with Gasteiger partial charge < -0.3 is 9.84 Å². The van der Waals surface area contributed by atoms with Gasteiger partial charge in [-0.15, -0.1) is 0 Å². The lowest BCUT2D eigenvalue weighted by Crippen LogP contribution is -2.32. The lowest BCUT2D eigenvalue weighted by molar-refractivity contribution is 0.0914. The molecule has 0 saturated heterocycles. The van der Waals surface area contributed by atoms with Crippen LogP contribution in [0.15, 0.2) is 47.2 Å². The van der Waals surface area contributed by atoms with Gasteiger partial charge in [0.25, 0.3) is 5.91 Å². The van der Waals surface area contributed by atoms with Crippen LogP contribution >= 0.6 is 23.2 Å². The highest BCUT2D eigenvalue weighted by Gasteiger charge is 2.26. The Morgan fingerprint density at radius 2 is 1.88 bits per heavy atom. The number of aromatic nitrogens is 3. The van der Waals surface area contributed by atoms with Crippen LogP contribution in [0, 0.1) is 5.92 Å². The van der Waals surface area contributed by atoms with Crippen molar-refractivity contribution in [1.29, 1.82) is 0 Å². The summed E-state index contributed by atoms with van der Waals surface area (Å²) in [7, 11) is 0. The molecule has 0 bridgehead atoms. The molecule has 1 amide bonds. The van der Waals surface area contributed by atoms with Crippen LogP contribution in [0.4, 0.5) is 0 Å². The SMILES string of the molecule is CC(C)C(NC(=O)c1ccc(Cl)cc1Cl)c1nc(-c2ccncc2)no1. The number of halogens is 2. The molecule has 0 fully saturated rings. The summed E-state index contributed by atoms with van der Waals surface area (Å²) in [4.78, 5) is 21.0. The summed E-state index contributed by atoms with van der Waals surface area (Å²) in [5.74, 6) is 0.446. The van der Waals surface area contributed by atoms with Crippen molar-refractivity contribution in [1.82, 2.24) is 20.4 Å². The topological polar surface area (TPSA) is 80.9 Å². The Morgan fingerprint density at radius 3 is 2.54 bits per heavy atom. The smallest absolute Gasteiger partial charge is 0.253 e. The zero-order chi connectivity index (χ0) is 18.7. The Balaban J connectivity index is 1.84. The monoisotopic (exact) mass is 390 g/mol. The number of hydrogen-bond donors (Lipinski definition) is 1. The molecule has 2 aromatic heterocycles. The minimum Gasteiger partial charge on any atom is -0.340 e. The van der Waals surface area contributed by atoms with E-state index in [0.29, 0.717) is 22.3 Å². The summed E-state index contributed by atoms with van der Waals surface area (Å²) in [5, 5.41) is 7.63. The number of nitrogens with one attached hydrogen (secondary N) is 1. The molecular formula is C18H16Cl2N4O2. The number of carbonyl (C=O) groups is 1. The van der Waals surface area contributed by atoms with Crippen LogP contribution in [0.2, 0.25) is 10.0 Å². The molecule has 3 aromatic rings. The molecule has 3 rings (SSSR count). The van der Waals surface area contributed by atoms with Crippen LogP contribution in [0.1, 0.15) is 36.1 Å². The van der Waals surface area contributed by atoms with Crippen molar-refractivity contribution in [3.8, 4) is 11.4 Å². The second-order valence-corrected chi connectivity index (χ2v) is 6.86. The van der Waals surface area contributed by atoms with Crippen LogP contribution < -0.4 is 5.32 Å². The summed E-state index contributed by atoms with van der Waals surface area (Å²) in [6, 6.07) is 7.82. The first-order chi connectivity index (χ1) is 12.5. The molecule has 134 valence electrons. The molecule has 1 atom stereocenters. The van der Waals surface area contributed by atoms with Crippen LogP contribution in [-0.4, -0.2) is 21.0 Å². The van der Waals surface area contributed by atoms with Crippen LogP contribution in [-0.2, 0) is 0 Å². The van der Waals surface area contributed by atoms with Crippen molar-refractivity contribution in [2.24, 2.45) is 5.92 Å². The van der Waals surface area contributed by atoms with Crippen molar-refractivity contribution in [3.63, 3.8) is 0 Å². The van der Waals surface area contributed by atoms with Crippen LogP contribution in [0.5, 0.6) is 0 Å². The molecule has 1 unspecified atom stereocenters. The van der Waals surface area contributed by atoms with Gasteiger partial charge in [-0.2, -0.15) is 4.98 Å². The quantitative estimate of drug-likeness (QED) is 0.689. The third kappa shape index (κ3) is 4.03. The molecule has 0 saturated carbocycles. The Morgan fingerprint density at radius 1 is 1.15 bits per heavy atom. The lowest BCUT2D eigenvalue weighted by Gasteiger charge is -2.19. The zero-order valence-corrected chi connectivity index (χ0v) is 15.6. The second-order valence-electron chi connectivity index (χ2n) is 6.01. The predicted molar refractivity (Wildman–Crippen MR) is 99.0 cm³/mol. The molecule has 8 heteroatoms. The van der Waals surface area contributed by atoms with E-state index in [4.69, 9.17) is 27.7 Å². The van der Waals surface area contributed by atoms with Gasteiger partial charge in [0.05, 0.1) is 10.6 Å². The molecule has 0 aliphatic carbocycles. The highest BCUT2D eigenvalue weighted by atomic mass is 35.5. The fourth-order valence-electron chi connectivity index (χ4n) is 2.39. The van der Waals surface area contributed by atoms with E-state index in [2.05, 4.69) is 20.4 Å². The van der Waals surface area contributed by atoms with Crippen molar-refractivity contribution in [3.05, 3.63) is 64.2 Å². The van der Waals surface area contributed by atoms with Crippen molar-refractivity contribution >= 4 is 29.1 Å². The van der Waals surface area contributed by atoms with Gasteiger partial charge in [-0.05, 0) is 36.2 Å². The maximum Gasteiger partial charge on any atom is 0.253 e. The molecule has 6 nitrogen and oxygen atoms in total. The predicted octanol–water partition coefficient (Wildman–Crippen LogP) is 4.57. The minimum absolute atomic E-state index is 0.0239. The Hall–Kier alpha value is -2.44. The van der Waals surface area contributed by atoms with E-state index >= 15 is 0 Å². The number of pyridine rings is 1. The highest BCUT2D eigenvalue weighted by molar-refractivity contribution is 6.36. The summed E-state index contributed by atoms with van der Waals surface area (Å²) in [6.45, 7) is 3.90. The standard InChI is InChI=1S/C18H16Cl2N4O2/c1-10(2)15(22-17(25)13-4-3-12(19)9-14(13)20)18-23-16(24-26-18)11-5-7-21-8-6-11/h3-10,15H,1-2H3,(H,22,25). The Kier molecular flexibility index (Phi) is 5.54. The fraction of sp³-hybridized carbons (Fsp3) is 0.222. The number of amides is 1. The number of benzene rings is 1. The number of carbonyl (C=O) groups excluding carboxylic acids is 1. The van der Waals surface area contributed by atoms with Crippen molar-refractivity contribution in [2.45, 2.75) is 19.9 Å². The van der Waals surface area contributed by atoms with Crippen molar-refractivity contribution in [2.75, 3.05) is 0 Å². The first-order valence-electron chi connectivity index (χ1n) is 7.95. The molecule has 26 heavy (non-hydrogen) atoms. The van der Waals surface area contributed by atoms with E-state index in [1.807, 2.05) is 13.8 Å². The summed E-state index contributed by atoms with van der Waals surface area (Å²) < 4.78 is 5.38. The largest absolute Gasteiger partial charge is 0.340 e. The number of hydrogen-bond acceptors (Lipinski definition) is 5. The first kappa shape index (κ1) is 18.4. The molecular weight excluding hydrogens is 375 g/mol. The first-order valence-corrected chi connectivity index (χ1v) is 8.71. The van der Waals surface area contributed by atoms with Gasteiger partial charge in [0, 0.05) is 23.0 Å². The summed E-state index contributed by atoms with van der Waals surface area (Å²) >= 11 is 12.0. The van der Waals surface area contributed by atoms with E-state index in [1.54, 1.807) is 36.7 Å². The number of rotatable bonds is 5. The maximum absolute atomic E-state index is 12.6. The van der Waals surface area contributed by atoms with Gasteiger partial charge in [0.2, 0.25) is 11.7 Å². The van der Waals surface area contributed by atoms with Crippen LogP contribution in [0.25, 0.3) is 11.4 Å². The summed E-state index contributed by atoms with van der Waals surface area (Å²) in [6.07, 6.45) is 3.30. The van der Waals surface area contributed by atoms with E-state index in [-0.39, 0.29) is 16.8 Å². The zero-order valence-electron chi connectivity index (χ0n) is 14.1. The maximum atomic E-state index is 12.6. The van der Waals surface area contributed by atoms with Gasteiger partial charge in [0.15, 0.2) is 0 Å². The average molecular weight is 391 g/mol. The van der Waals surface area contributed by atoms with E-state index in [1.165, 1.54) is 6.07 Å².